The molecule has 0 aliphatic carbocycles. The second-order valence-electron chi connectivity index (χ2n) is 22.3. The minimum atomic E-state index is -0.786. The number of hydrogen-bond acceptors (Lipinski definition) is 6. The van der Waals surface area contributed by atoms with Crippen molar-refractivity contribution in [2.24, 2.45) is 0 Å². The van der Waals surface area contributed by atoms with Crippen LogP contribution in [-0.4, -0.2) is 37.2 Å². The number of carbonyl (C=O) groups is 3. The number of unbranched alkanes of at least 4 members (excludes halogenated alkanes) is 40. The van der Waals surface area contributed by atoms with E-state index in [2.05, 4.69) is 81.5 Å². The van der Waals surface area contributed by atoms with Gasteiger partial charge in [0.2, 0.25) is 0 Å². The van der Waals surface area contributed by atoms with Crippen LogP contribution in [0.2, 0.25) is 0 Å². The van der Waals surface area contributed by atoms with E-state index >= 15 is 0 Å². The fourth-order valence-electron chi connectivity index (χ4n) is 9.74. The first kappa shape index (κ1) is 73.1. The molecule has 6 nitrogen and oxygen atoms in total. The summed E-state index contributed by atoms with van der Waals surface area (Å²) in [4.78, 5) is 38.3. The SMILES string of the molecule is CC/C=C\C/C=C\C/C=C\CCCCCCCC(=O)OC(COC(=O)CCCCCCC/C=C\CCCCCCC)COC(=O)CCCCCCCCCCCCCCCCCCC/C=C\CCCCCCCCCC. The van der Waals surface area contributed by atoms with Gasteiger partial charge < -0.3 is 14.2 Å². The molecule has 0 saturated carbocycles. The highest BCUT2D eigenvalue weighted by atomic mass is 16.6. The van der Waals surface area contributed by atoms with Crippen molar-refractivity contribution in [1.29, 1.82) is 0 Å². The minimum absolute atomic E-state index is 0.0812. The molecular formula is C70H126O6. The van der Waals surface area contributed by atoms with Crippen LogP contribution in [0.4, 0.5) is 0 Å². The molecule has 0 aromatic rings. The predicted octanol–water partition coefficient (Wildman–Crippen LogP) is 22.7. The Morgan fingerprint density at radius 1 is 0.276 bits per heavy atom. The van der Waals surface area contributed by atoms with Crippen LogP contribution in [0, 0.1) is 0 Å². The number of hydrogen-bond donors (Lipinski definition) is 0. The van der Waals surface area contributed by atoms with Crippen molar-refractivity contribution in [2.75, 3.05) is 13.2 Å². The van der Waals surface area contributed by atoms with Gasteiger partial charge in [0.1, 0.15) is 13.2 Å². The lowest BCUT2D eigenvalue weighted by Gasteiger charge is -2.18. The van der Waals surface area contributed by atoms with Crippen molar-refractivity contribution >= 4 is 17.9 Å². The second-order valence-corrected chi connectivity index (χ2v) is 22.3. The topological polar surface area (TPSA) is 78.9 Å². The first-order chi connectivity index (χ1) is 37.5. The van der Waals surface area contributed by atoms with Gasteiger partial charge in [-0.05, 0) is 103 Å². The molecule has 0 spiro atoms. The summed E-state index contributed by atoms with van der Waals surface area (Å²) in [5.41, 5.74) is 0. The summed E-state index contributed by atoms with van der Waals surface area (Å²) in [7, 11) is 0. The van der Waals surface area contributed by atoms with Gasteiger partial charge in [0.05, 0.1) is 0 Å². The predicted molar refractivity (Wildman–Crippen MR) is 330 cm³/mol. The summed E-state index contributed by atoms with van der Waals surface area (Å²) >= 11 is 0. The van der Waals surface area contributed by atoms with E-state index in [0.29, 0.717) is 19.3 Å². The smallest absolute Gasteiger partial charge is 0.306 e. The summed E-state index contributed by atoms with van der Waals surface area (Å²) in [5.74, 6) is -0.890. The van der Waals surface area contributed by atoms with E-state index < -0.39 is 6.10 Å². The molecule has 1 unspecified atom stereocenters. The highest BCUT2D eigenvalue weighted by Gasteiger charge is 2.19. The number of rotatable bonds is 61. The van der Waals surface area contributed by atoms with Gasteiger partial charge in [-0.15, -0.1) is 0 Å². The van der Waals surface area contributed by atoms with E-state index in [1.165, 1.54) is 205 Å². The van der Waals surface area contributed by atoms with Crippen LogP contribution in [0.15, 0.2) is 60.8 Å². The van der Waals surface area contributed by atoms with Crippen LogP contribution in [0.25, 0.3) is 0 Å². The van der Waals surface area contributed by atoms with Gasteiger partial charge >= 0.3 is 17.9 Å². The van der Waals surface area contributed by atoms with Crippen molar-refractivity contribution in [1.82, 2.24) is 0 Å². The molecule has 0 aromatic carbocycles. The molecule has 0 aromatic heterocycles. The normalized spacial score (nSPS) is 12.4. The van der Waals surface area contributed by atoms with Gasteiger partial charge in [-0.25, -0.2) is 0 Å². The third-order valence-corrected chi connectivity index (χ3v) is 14.7. The fourth-order valence-corrected chi connectivity index (χ4v) is 9.74. The molecule has 0 heterocycles. The highest BCUT2D eigenvalue weighted by molar-refractivity contribution is 5.71. The van der Waals surface area contributed by atoms with Crippen LogP contribution >= 0.6 is 0 Å². The maximum Gasteiger partial charge on any atom is 0.306 e. The molecule has 0 fully saturated rings. The van der Waals surface area contributed by atoms with Gasteiger partial charge in [-0.2, -0.15) is 0 Å². The zero-order valence-corrected chi connectivity index (χ0v) is 50.8. The Labute approximate surface area is 472 Å². The third-order valence-electron chi connectivity index (χ3n) is 14.7. The molecule has 0 bridgehead atoms. The minimum Gasteiger partial charge on any atom is -0.462 e. The van der Waals surface area contributed by atoms with Gasteiger partial charge in [-0.3, -0.25) is 14.4 Å². The van der Waals surface area contributed by atoms with E-state index in [4.69, 9.17) is 14.2 Å². The molecule has 0 rings (SSSR count). The summed E-state index contributed by atoms with van der Waals surface area (Å²) in [6, 6.07) is 0. The molecule has 0 aliphatic heterocycles. The van der Waals surface area contributed by atoms with Gasteiger partial charge in [0.15, 0.2) is 6.10 Å². The lowest BCUT2D eigenvalue weighted by Crippen LogP contribution is -2.30. The molecule has 6 heteroatoms. The lowest BCUT2D eigenvalue weighted by atomic mass is 10.0. The van der Waals surface area contributed by atoms with Crippen molar-refractivity contribution in [3.05, 3.63) is 60.8 Å². The molecule has 0 aliphatic rings. The number of allylic oxidation sites excluding steroid dienone is 10. The van der Waals surface area contributed by atoms with Gasteiger partial charge in [-0.1, -0.05) is 287 Å². The highest BCUT2D eigenvalue weighted by Crippen LogP contribution is 2.17. The van der Waals surface area contributed by atoms with E-state index in [-0.39, 0.29) is 31.1 Å². The Bertz CT molecular complexity index is 1360. The van der Waals surface area contributed by atoms with Crippen LogP contribution < -0.4 is 0 Å². The van der Waals surface area contributed by atoms with E-state index in [1.807, 2.05) is 0 Å². The zero-order valence-electron chi connectivity index (χ0n) is 50.8. The molecule has 0 N–H and O–H groups in total. The Kier molecular flexibility index (Phi) is 62.2. The van der Waals surface area contributed by atoms with Crippen LogP contribution in [0.5, 0.6) is 0 Å². The Morgan fingerprint density at radius 2 is 0.513 bits per heavy atom. The van der Waals surface area contributed by atoms with E-state index in [0.717, 1.165) is 103 Å². The Hall–Kier alpha value is -2.89. The monoisotopic (exact) mass is 1060 g/mol. The molecular weight excluding hydrogens is 937 g/mol. The third kappa shape index (κ3) is 62.0. The second kappa shape index (κ2) is 64.6. The van der Waals surface area contributed by atoms with Crippen molar-refractivity contribution in [2.45, 2.75) is 354 Å². The lowest BCUT2D eigenvalue weighted by molar-refractivity contribution is -0.167. The molecule has 0 radical (unpaired) electrons. The number of esters is 3. The van der Waals surface area contributed by atoms with E-state index in [9.17, 15) is 14.4 Å². The van der Waals surface area contributed by atoms with E-state index in [1.54, 1.807) is 0 Å². The first-order valence-electron chi connectivity index (χ1n) is 33.3. The van der Waals surface area contributed by atoms with Crippen LogP contribution in [-0.2, 0) is 28.6 Å². The standard InChI is InChI=1S/C70H126O6/c1-4-7-10-13-16-19-22-25-28-29-30-31-32-33-34-35-36-37-38-39-40-41-43-45-48-51-54-57-60-63-69(72)75-66-67(65-74-68(71)62-59-56-53-50-47-44-27-24-21-18-15-12-9-6-3)76-70(73)64-61-58-55-52-49-46-42-26-23-20-17-14-11-8-5-2/h8,11,17,20,24,26-27,29-30,42,67H,4-7,9-10,12-16,18-19,21-23,25,28,31-41,43-66H2,1-3H3/b11-8-,20-17-,27-24-,30-29-,42-26-. The van der Waals surface area contributed by atoms with Crippen molar-refractivity contribution < 1.29 is 28.6 Å². The Balaban J connectivity index is 4.20. The van der Waals surface area contributed by atoms with Crippen molar-refractivity contribution in [3.8, 4) is 0 Å². The Morgan fingerprint density at radius 3 is 0.816 bits per heavy atom. The molecule has 442 valence electrons. The molecule has 0 saturated heterocycles. The first-order valence-corrected chi connectivity index (χ1v) is 33.3. The summed E-state index contributed by atoms with van der Waals surface area (Å²) < 4.78 is 16.9. The van der Waals surface area contributed by atoms with Crippen LogP contribution in [0.1, 0.15) is 348 Å². The summed E-state index contributed by atoms with van der Waals surface area (Å²) in [6.07, 6.45) is 82.5. The van der Waals surface area contributed by atoms with Gasteiger partial charge in [0, 0.05) is 19.3 Å². The average molecular weight is 1060 g/mol. The van der Waals surface area contributed by atoms with Gasteiger partial charge in [0.25, 0.3) is 0 Å². The zero-order chi connectivity index (χ0) is 55.0. The maximum absolute atomic E-state index is 12.9. The quantitative estimate of drug-likeness (QED) is 0.0261. The average Bonchev–Trinajstić information content (AvgIpc) is 3.42. The van der Waals surface area contributed by atoms with Crippen LogP contribution in [0.3, 0.4) is 0 Å². The summed E-state index contributed by atoms with van der Waals surface area (Å²) in [5, 5.41) is 0. The number of carbonyl (C=O) groups excluding carboxylic acids is 3. The largest absolute Gasteiger partial charge is 0.462 e. The molecule has 76 heavy (non-hydrogen) atoms. The summed E-state index contributed by atoms with van der Waals surface area (Å²) in [6.45, 7) is 6.54. The fraction of sp³-hybridized carbons (Fsp3) is 0.814. The molecule has 1 atom stereocenters. The molecule has 0 amide bonds. The van der Waals surface area contributed by atoms with Crippen molar-refractivity contribution in [3.63, 3.8) is 0 Å². The maximum atomic E-state index is 12.9. The number of ether oxygens (including phenoxy) is 3.